The van der Waals surface area contributed by atoms with Crippen LogP contribution in [0.5, 0.6) is 0 Å². The Morgan fingerprint density at radius 3 is 2.70 bits per heavy atom. The average molecular weight is 163 g/mol. The Kier molecular flexibility index (Phi) is 2.31. The molecule has 0 radical (unpaired) electrons. The number of hydrogen-bond donors (Lipinski definition) is 1. The lowest BCUT2D eigenvalue weighted by Gasteiger charge is -2.21. The first-order valence-electron chi connectivity index (χ1n) is 3.58. The minimum atomic E-state index is -2.71. The predicted octanol–water partition coefficient (Wildman–Crippen LogP) is -0.217. The fourth-order valence-corrected chi connectivity index (χ4v) is 2.69. The maximum Gasteiger partial charge on any atom is 0.153 e. The molecular weight excluding hydrogens is 150 g/mol. The van der Waals surface area contributed by atoms with Gasteiger partial charge in [0.15, 0.2) is 9.84 Å². The molecule has 0 aromatic rings. The smallest absolute Gasteiger partial charge is 0.153 e. The van der Waals surface area contributed by atoms with Crippen molar-refractivity contribution in [3.63, 3.8) is 0 Å². The Morgan fingerprint density at radius 1 is 1.60 bits per heavy atom. The van der Waals surface area contributed by atoms with Crippen LogP contribution in [0.1, 0.15) is 13.3 Å². The molecular formula is C6H13NO2S. The zero-order valence-corrected chi connectivity index (χ0v) is 6.95. The molecule has 1 heterocycles. The molecule has 1 rings (SSSR count). The van der Waals surface area contributed by atoms with E-state index in [1.54, 1.807) is 0 Å². The van der Waals surface area contributed by atoms with E-state index in [-0.39, 0.29) is 6.04 Å². The Hall–Kier alpha value is -0.0900. The molecule has 1 N–H and O–H groups in total. The average Bonchev–Trinajstić information content (AvgIpc) is 1.86. The van der Waals surface area contributed by atoms with Gasteiger partial charge in [-0.3, -0.25) is 0 Å². The maximum absolute atomic E-state index is 11.0. The van der Waals surface area contributed by atoms with Crippen molar-refractivity contribution in [2.45, 2.75) is 19.4 Å². The van der Waals surface area contributed by atoms with Gasteiger partial charge in [-0.2, -0.15) is 0 Å². The number of hydrogen-bond acceptors (Lipinski definition) is 3. The Balaban J connectivity index is 2.56. The van der Waals surface area contributed by atoms with Crippen molar-refractivity contribution in [2.75, 3.05) is 18.1 Å². The molecule has 1 atom stereocenters. The third-order valence-electron chi connectivity index (χ3n) is 1.79. The SMILES string of the molecule is CC[C@@H]1CS(=O)(=O)CCN1. The molecule has 0 bridgehead atoms. The first-order valence-corrected chi connectivity index (χ1v) is 5.40. The zero-order chi connectivity index (χ0) is 7.61. The van der Waals surface area contributed by atoms with E-state index in [4.69, 9.17) is 0 Å². The van der Waals surface area contributed by atoms with E-state index in [9.17, 15) is 8.42 Å². The predicted molar refractivity (Wildman–Crippen MR) is 40.7 cm³/mol. The summed E-state index contributed by atoms with van der Waals surface area (Å²) in [6.45, 7) is 2.62. The lowest BCUT2D eigenvalue weighted by molar-refractivity contribution is 0.508. The Bertz CT molecular complexity index is 198. The van der Waals surface area contributed by atoms with Gasteiger partial charge in [-0.25, -0.2) is 8.42 Å². The van der Waals surface area contributed by atoms with Crippen molar-refractivity contribution in [1.29, 1.82) is 0 Å². The van der Waals surface area contributed by atoms with E-state index in [2.05, 4.69) is 5.32 Å². The third kappa shape index (κ3) is 1.95. The van der Waals surface area contributed by atoms with E-state index in [0.717, 1.165) is 6.42 Å². The van der Waals surface area contributed by atoms with Crippen molar-refractivity contribution >= 4 is 9.84 Å². The van der Waals surface area contributed by atoms with Crippen LogP contribution in [0.15, 0.2) is 0 Å². The lowest BCUT2D eigenvalue weighted by atomic mass is 10.2. The van der Waals surface area contributed by atoms with Crippen molar-refractivity contribution in [2.24, 2.45) is 0 Å². The molecule has 60 valence electrons. The number of sulfone groups is 1. The molecule has 0 aliphatic carbocycles. The highest BCUT2D eigenvalue weighted by Gasteiger charge is 2.22. The molecule has 0 aromatic carbocycles. The molecule has 1 fully saturated rings. The summed E-state index contributed by atoms with van der Waals surface area (Å²) in [5.41, 5.74) is 0. The van der Waals surface area contributed by atoms with Crippen molar-refractivity contribution < 1.29 is 8.42 Å². The minimum absolute atomic E-state index is 0.193. The topological polar surface area (TPSA) is 46.2 Å². The molecule has 0 spiro atoms. The second-order valence-corrected chi connectivity index (χ2v) is 4.90. The normalized spacial score (nSPS) is 31.9. The molecule has 4 heteroatoms. The van der Waals surface area contributed by atoms with E-state index in [1.165, 1.54) is 0 Å². The summed E-state index contributed by atoms with van der Waals surface area (Å²) >= 11 is 0. The van der Waals surface area contributed by atoms with Crippen LogP contribution < -0.4 is 5.32 Å². The lowest BCUT2D eigenvalue weighted by Crippen LogP contribution is -2.44. The van der Waals surface area contributed by atoms with Gasteiger partial charge in [-0.15, -0.1) is 0 Å². The minimum Gasteiger partial charge on any atom is -0.312 e. The molecule has 1 saturated heterocycles. The summed E-state index contributed by atoms with van der Waals surface area (Å²) < 4.78 is 22.0. The summed E-state index contributed by atoms with van der Waals surface area (Å²) in [6, 6.07) is 0.193. The summed E-state index contributed by atoms with van der Waals surface area (Å²) in [4.78, 5) is 0. The maximum atomic E-state index is 11.0. The van der Waals surface area contributed by atoms with E-state index in [0.29, 0.717) is 18.1 Å². The Labute approximate surface area is 61.7 Å². The highest BCUT2D eigenvalue weighted by molar-refractivity contribution is 7.91. The molecule has 0 amide bonds. The summed E-state index contributed by atoms with van der Waals surface area (Å²) in [7, 11) is -2.71. The van der Waals surface area contributed by atoms with E-state index >= 15 is 0 Å². The summed E-state index contributed by atoms with van der Waals surface area (Å²) in [6.07, 6.45) is 0.902. The monoisotopic (exact) mass is 163 g/mol. The van der Waals surface area contributed by atoms with Gasteiger partial charge in [-0.1, -0.05) is 6.92 Å². The van der Waals surface area contributed by atoms with Gasteiger partial charge in [0.25, 0.3) is 0 Å². The van der Waals surface area contributed by atoms with Gasteiger partial charge in [0.05, 0.1) is 11.5 Å². The number of rotatable bonds is 1. The van der Waals surface area contributed by atoms with Crippen molar-refractivity contribution in [3.05, 3.63) is 0 Å². The van der Waals surface area contributed by atoms with Crippen LogP contribution in [0.2, 0.25) is 0 Å². The van der Waals surface area contributed by atoms with Crippen LogP contribution in [0.3, 0.4) is 0 Å². The second-order valence-electron chi connectivity index (χ2n) is 2.67. The molecule has 10 heavy (non-hydrogen) atoms. The van der Waals surface area contributed by atoms with Crippen molar-refractivity contribution in [1.82, 2.24) is 5.32 Å². The second kappa shape index (κ2) is 2.88. The van der Waals surface area contributed by atoms with Gasteiger partial charge in [-0.05, 0) is 6.42 Å². The molecule has 3 nitrogen and oxygen atoms in total. The molecule has 0 saturated carbocycles. The molecule has 0 aromatic heterocycles. The van der Waals surface area contributed by atoms with Crippen molar-refractivity contribution in [3.8, 4) is 0 Å². The fourth-order valence-electron chi connectivity index (χ4n) is 1.13. The van der Waals surface area contributed by atoms with Crippen LogP contribution in [-0.2, 0) is 9.84 Å². The largest absolute Gasteiger partial charge is 0.312 e. The quantitative estimate of drug-likeness (QED) is 0.581. The van der Waals surface area contributed by atoms with Gasteiger partial charge in [0, 0.05) is 12.6 Å². The first kappa shape index (κ1) is 8.01. The number of nitrogens with one attached hydrogen (secondary N) is 1. The van der Waals surface area contributed by atoms with Gasteiger partial charge >= 0.3 is 0 Å². The highest BCUT2D eigenvalue weighted by atomic mass is 32.2. The summed E-state index contributed by atoms with van der Waals surface area (Å²) in [5, 5.41) is 3.15. The highest BCUT2D eigenvalue weighted by Crippen LogP contribution is 2.03. The molecule has 1 aliphatic rings. The van der Waals surface area contributed by atoms with Crippen LogP contribution in [-0.4, -0.2) is 32.5 Å². The zero-order valence-electron chi connectivity index (χ0n) is 6.13. The molecule has 1 aliphatic heterocycles. The molecule has 0 unspecified atom stereocenters. The van der Waals surface area contributed by atoms with Crippen LogP contribution >= 0.6 is 0 Å². The van der Waals surface area contributed by atoms with Crippen LogP contribution in [0.25, 0.3) is 0 Å². The fraction of sp³-hybridized carbons (Fsp3) is 1.00. The van der Waals surface area contributed by atoms with Crippen LogP contribution in [0.4, 0.5) is 0 Å². The third-order valence-corrected chi connectivity index (χ3v) is 3.53. The van der Waals surface area contributed by atoms with Gasteiger partial charge in [0.2, 0.25) is 0 Å². The van der Waals surface area contributed by atoms with Gasteiger partial charge in [0.1, 0.15) is 0 Å². The Morgan fingerprint density at radius 2 is 2.30 bits per heavy atom. The van der Waals surface area contributed by atoms with Gasteiger partial charge < -0.3 is 5.32 Å². The standard InChI is InChI=1S/C6H13NO2S/c1-2-6-5-10(8,9)4-3-7-6/h6-7H,2-5H2,1H3/t6-/m1/s1. The van der Waals surface area contributed by atoms with Crippen LogP contribution in [0, 0.1) is 0 Å². The van der Waals surface area contributed by atoms with E-state index in [1.807, 2.05) is 6.92 Å². The van der Waals surface area contributed by atoms with E-state index < -0.39 is 9.84 Å². The summed E-state index contributed by atoms with van der Waals surface area (Å²) in [5.74, 6) is 0.632. The first-order chi connectivity index (χ1) is 4.64.